The average Bonchev–Trinajstić information content (AvgIpc) is 3.04. The maximum atomic E-state index is 12.1. The van der Waals surface area contributed by atoms with Crippen molar-refractivity contribution in [2.24, 2.45) is 17.8 Å². The quantitative estimate of drug-likeness (QED) is 0.785. The first-order chi connectivity index (χ1) is 9.20. The Morgan fingerprint density at radius 2 is 2.00 bits per heavy atom. The van der Waals surface area contributed by atoms with E-state index in [9.17, 15) is 9.59 Å². The minimum Gasteiger partial charge on any atom is -0.450 e. The third-order valence-electron chi connectivity index (χ3n) is 4.99. The standard InChI is InChI=1S/C15H23NO3/c1-2-19-15(18)16-9-11-4-3-5-12(11)13(16)8-14(17)10-6-7-10/h10-13H,2-9H2,1H3. The highest BCUT2D eigenvalue weighted by molar-refractivity contribution is 5.84. The van der Waals surface area contributed by atoms with Crippen molar-refractivity contribution in [3.63, 3.8) is 0 Å². The molecule has 4 nitrogen and oxygen atoms in total. The minimum atomic E-state index is -0.217. The molecule has 2 aliphatic carbocycles. The maximum Gasteiger partial charge on any atom is 0.410 e. The Morgan fingerprint density at radius 3 is 2.68 bits per heavy atom. The van der Waals surface area contributed by atoms with Gasteiger partial charge in [-0.05, 0) is 44.4 Å². The second-order valence-corrected chi connectivity index (χ2v) is 6.22. The number of likely N-dealkylation sites (tertiary alicyclic amines) is 1. The molecule has 0 aromatic heterocycles. The van der Waals surface area contributed by atoms with E-state index < -0.39 is 0 Å². The molecule has 2 saturated carbocycles. The van der Waals surface area contributed by atoms with Crippen LogP contribution in [0.25, 0.3) is 0 Å². The predicted molar refractivity (Wildman–Crippen MR) is 70.7 cm³/mol. The van der Waals surface area contributed by atoms with Crippen LogP contribution >= 0.6 is 0 Å². The van der Waals surface area contributed by atoms with Crippen LogP contribution in [-0.4, -0.2) is 36.0 Å². The smallest absolute Gasteiger partial charge is 0.410 e. The third kappa shape index (κ3) is 2.49. The first-order valence-electron chi connectivity index (χ1n) is 7.66. The van der Waals surface area contributed by atoms with E-state index in [0.717, 1.165) is 19.4 Å². The molecule has 0 aromatic rings. The molecule has 1 heterocycles. The molecule has 3 aliphatic rings. The summed E-state index contributed by atoms with van der Waals surface area (Å²) in [6.45, 7) is 3.04. The van der Waals surface area contributed by atoms with Gasteiger partial charge in [-0.15, -0.1) is 0 Å². The van der Waals surface area contributed by atoms with Crippen LogP contribution in [0.15, 0.2) is 0 Å². The number of hydrogen-bond donors (Lipinski definition) is 0. The topological polar surface area (TPSA) is 46.6 Å². The SMILES string of the molecule is CCOC(=O)N1CC2CCCC2C1CC(=O)C1CC1. The summed E-state index contributed by atoms with van der Waals surface area (Å²) in [5.41, 5.74) is 0. The number of amides is 1. The number of Topliss-reactive ketones (excluding diaryl/α,β-unsaturated/α-hetero) is 1. The van der Waals surface area contributed by atoms with E-state index in [-0.39, 0.29) is 12.1 Å². The van der Waals surface area contributed by atoms with Crippen molar-refractivity contribution in [2.75, 3.05) is 13.2 Å². The lowest BCUT2D eigenvalue weighted by molar-refractivity contribution is -0.121. The number of ketones is 1. The van der Waals surface area contributed by atoms with E-state index >= 15 is 0 Å². The molecule has 3 fully saturated rings. The number of fused-ring (bicyclic) bond motifs is 1. The Balaban J connectivity index is 1.70. The van der Waals surface area contributed by atoms with Crippen molar-refractivity contribution in [3.8, 4) is 0 Å². The molecule has 106 valence electrons. The zero-order valence-electron chi connectivity index (χ0n) is 11.6. The van der Waals surface area contributed by atoms with Crippen LogP contribution in [0.1, 0.15) is 45.4 Å². The van der Waals surface area contributed by atoms with Gasteiger partial charge >= 0.3 is 6.09 Å². The molecular formula is C15H23NO3. The molecule has 3 rings (SSSR count). The number of hydrogen-bond acceptors (Lipinski definition) is 3. The Bertz CT molecular complexity index is 378. The van der Waals surface area contributed by atoms with Crippen molar-refractivity contribution in [2.45, 2.75) is 51.5 Å². The van der Waals surface area contributed by atoms with Gasteiger partial charge in [0.05, 0.1) is 6.61 Å². The Hall–Kier alpha value is -1.06. The Kier molecular flexibility index (Phi) is 3.50. The molecule has 3 unspecified atom stereocenters. The molecule has 0 radical (unpaired) electrons. The van der Waals surface area contributed by atoms with Crippen molar-refractivity contribution >= 4 is 11.9 Å². The summed E-state index contributed by atoms with van der Waals surface area (Å²) in [6.07, 6.45) is 6.08. The second-order valence-electron chi connectivity index (χ2n) is 6.22. The summed E-state index contributed by atoms with van der Waals surface area (Å²) in [7, 11) is 0. The Morgan fingerprint density at radius 1 is 1.21 bits per heavy atom. The van der Waals surface area contributed by atoms with Gasteiger partial charge in [-0.2, -0.15) is 0 Å². The van der Waals surface area contributed by atoms with Crippen LogP contribution in [0.5, 0.6) is 0 Å². The van der Waals surface area contributed by atoms with E-state index in [0.29, 0.717) is 36.6 Å². The fourth-order valence-corrected chi connectivity index (χ4v) is 3.87. The van der Waals surface area contributed by atoms with E-state index in [2.05, 4.69) is 0 Å². The third-order valence-corrected chi connectivity index (χ3v) is 4.99. The predicted octanol–water partition coefficient (Wildman–Crippen LogP) is 2.61. The minimum absolute atomic E-state index is 0.111. The molecule has 1 amide bonds. The highest BCUT2D eigenvalue weighted by Gasteiger charge is 2.48. The van der Waals surface area contributed by atoms with Gasteiger partial charge < -0.3 is 9.64 Å². The lowest BCUT2D eigenvalue weighted by Gasteiger charge is -2.26. The summed E-state index contributed by atoms with van der Waals surface area (Å²) in [6, 6.07) is 0.111. The van der Waals surface area contributed by atoms with Crippen LogP contribution in [0.4, 0.5) is 4.79 Å². The molecule has 3 atom stereocenters. The van der Waals surface area contributed by atoms with Crippen LogP contribution in [0.2, 0.25) is 0 Å². The number of nitrogens with zero attached hydrogens (tertiary/aromatic N) is 1. The van der Waals surface area contributed by atoms with Gasteiger partial charge in [-0.25, -0.2) is 4.79 Å². The first-order valence-corrected chi connectivity index (χ1v) is 7.66. The van der Waals surface area contributed by atoms with Gasteiger partial charge in [0.25, 0.3) is 0 Å². The zero-order chi connectivity index (χ0) is 13.4. The molecule has 0 spiro atoms. The number of carbonyl (C=O) groups is 2. The van der Waals surface area contributed by atoms with Gasteiger partial charge in [-0.1, -0.05) is 6.42 Å². The Labute approximate surface area is 114 Å². The van der Waals surface area contributed by atoms with E-state index in [1.54, 1.807) is 0 Å². The number of carbonyl (C=O) groups excluding carboxylic acids is 2. The highest BCUT2D eigenvalue weighted by Crippen LogP contribution is 2.44. The van der Waals surface area contributed by atoms with E-state index in [1.165, 1.54) is 19.3 Å². The molecule has 4 heteroatoms. The highest BCUT2D eigenvalue weighted by atomic mass is 16.6. The normalized spacial score (nSPS) is 33.3. The number of ether oxygens (including phenoxy) is 1. The van der Waals surface area contributed by atoms with Crippen molar-refractivity contribution in [1.82, 2.24) is 4.90 Å². The van der Waals surface area contributed by atoms with E-state index in [4.69, 9.17) is 4.74 Å². The van der Waals surface area contributed by atoms with Gasteiger partial charge in [0.2, 0.25) is 0 Å². The van der Waals surface area contributed by atoms with E-state index in [1.807, 2.05) is 11.8 Å². The van der Waals surface area contributed by atoms with Crippen molar-refractivity contribution < 1.29 is 14.3 Å². The molecule has 1 saturated heterocycles. The number of rotatable bonds is 4. The van der Waals surface area contributed by atoms with Crippen LogP contribution < -0.4 is 0 Å². The summed E-state index contributed by atoms with van der Waals surface area (Å²) in [5, 5.41) is 0. The van der Waals surface area contributed by atoms with Gasteiger partial charge in [0, 0.05) is 24.9 Å². The maximum absolute atomic E-state index is 12.1. The summed E-state index contributed by atoms with van der Waals surface area (Å²) >= 11 is 0. The summed E-state index contributed by atoms with van der Waals surface area (Å²) < 4.78 is 5.15. The largest absolute Gasteiger partial charge is 0.450 e. The zero-order valence-corrected chi connectivity index (χ0v) is 11.6. The van der Waals surface area contributed by atoms with Crippen LogP contribution in [-0.2, 0) is 9.53 Å². The molecule has 0 N–H and O–H groups in total. The molecular weight excluding hydrogens is 242 g/mol. The first kappa shape index (κ1) is 12.9. The average molecular weight is 265 g/mol. The second kappa shape index (κ2) is 5.14. The molecule has 1 aliphatic heterocycles. The fourth-order valence-electron chi connectivity index (χ4n) is 3.87. The molecule has 0 aromatic carbocycles. The van der Waals surface area contributed by atoms with Gasteiger partial charge in [-0.3, -0.25) is 4.79 Å². The van der Waals surface area contributed by atoms with Gasteiger partial charge in [0.1, 0.15) is 5.78 Å². The fraction of sp³-hybridized carbons (Fsp3) is 0.867. The lowest BCUT2D eigenvalue weighted by Crippen LogP contribution is -2.40. The van der Waals surface area contributed by atoms with Crippen LogP contribution in [0, 0.1) is 17.8 Å². The lowest BCUT2D eigenvalue weighted by atomic mass is 9.90. The monoisotopic (exact) mass is 265 g/mol. The summed E-state index contributed by atoms with van der Waals surface area (Å²) in [5.74, 6) is 1.80. The van der Waals surface area contributed by atoms with Crippen LogP contribution in [0.3, 0.4) is 0 Å². The van der Waals surface area contributed by atoms with Crippen molar-refractivity contribution in [1.29, 1.82) is 0 Å². The molecule has 19 heavy (non-hydrogen) atoms. The summed E-state index contributed by atoms with van der Waals surface area (Å²) in [4.78, 5) is 26.0. The van der Waals surface area contributed by atoms with Crippen molar-refractivity contribution in [3.05, 3.63) is 0 Å². The van der Waals surface area contributed by atoms with Gasteiger partial charge in [0.15, 0.2) is 0 Å². The molecule has 0 bridgehead atoms.